The topological polar surface area (TPSA) is 85.6 Å². The number of esters is 1. The molecule has 0 amide bonds. The first kappa shape index (κ1) is 22.9. The van der Waals surface area contributed by atoms with Gasteiger partial charge in [-0.05, 0) is 41.7 Å². The van der Waals surface area contributed by atoms with Crippen LogP contribution < -0.4 is 4.74 Å². The molecule has 2 aromatic rings. The monoisotopic (exact) mass is 441 g/mol. The Hall–Kier alpha value is -3.73. The summed E-state index contributed by atoms with van der Waals surface area (Å²) >= 11 is 0. The second-order valence-corrected chi connectivity index (χ2v) is 7.90. The summed E-state index contributed by atoms with van der Waals surface area (Å²) in [4.78, 5) is 22.9. The van der Waals surface area contributed by atoms with E-state index in [4.69, 9.17) is 9.47 Å². The Morgan fingerprint density at radius 3 is 2.62 bits per heavy atom. The molecule has 8 heteroatoms. The number of halogens is 2. The Kier molecular flexibility index (Phi) is 6.89. The van der Waals surface area contributed by atoms with Gasteiger partial charge in [0.2, 0.25) is 6.10 Å². The van der Waals surface area contributed by atoms with Crippen LogP contribution in [-0.2, 0) is 19.1 Å². The van der Waals surface area contributed by atoms with Gasteiger partial charge in [-0.25, -0.2) is 8.78 Å². The van der Waals surface area contributed by atoms with Crippen LogP contribution in [0.4, 0.5) is 8.78 Å². The normalized spacial score (nSPS) is 19.9. The lowest BCUT2D eigenvalue weighted by Gasteiger charge is -2.14. The van der Waals surface area contributed by atoms with Gasteiger partial charge in [-0.1, -0.05) is 38.1 Å². The van der Waals surface area contributed by atoms with Crippen LogP contribution >= 0.6 is 0 Å². The van der Waals surface area contributed by atoms with Crippen molar-refractivity contribution in [2.45, 2.75) is 20.0 Å². The van der Waals surface area contributed by atoms with Crippen molar-refractivity contribution >= 4 is 12.4 Å². The first-order chi connectivity index (χ1) is 15.3. The smallest absolute Gasteiger partial charge is 0.311 e. The molecule has 1 aliphatic carbocycles. The molecule has 0 aromatic heterocycles. The number of hydrogen-bond donors (Lipinski definition) is 0. The van der Waals surface area contributed by atoms with E-state index < -0.39 is 47.6 Å². The Labute approximate surface area is 184 Å². The van der Waals surface area contributed by atoms with Crippen molar-refractivity contribution in [3.05, 3.63) is 71.8 Å². The number of carbonyl (C=O) groups is 2. The molecule has 1 fully saturated rings. The van der Waals surface area contributed by atoms with Gasteiger partial charge in [0.15, 0.2) is 11.6 Å². The van der Waals surface area contributed by atoms with Crippen LogP contribution in [0.25, 0.3) is 0 Å². The minimum Gasteiger partial charge on any atom is -0.461 e. The largest absolute Gasteiger partial charge is 0.461 e. The number of nitrogens with zero attached hydrogens (tertiary/aromatic N) is 1. The van der Waals surface area contributed by atoms with Gasteiger partial charge < -0.3 is 14.2 Å². The maximum atomic E-state index is 14.2. The molecule has 166 valence electrons. The summed E-state index contributed by atoms with van der Waals surface area (Å²) in [5, 5.41) is 9.54. The Bertz CT molecular complexity index is 1060. The molecule has 1 aliphatic rings. The fourth-order valence-electron chi connectivity index (χ4n) is 3.53. The number of nitriles is 1. The minimum absolute atomic E-state index is 0.116. The molecule has 1 saturated carbocycles. The predicted octanol–water partition coefficient (Wildman–Crippen LogP) is 5.02. The zero-order chi connectivity index (χ0) is 23.3. The first-order valence-corrected chi connectivity index (χ1v) is 9.81. The molecular weight excluding hydrogens is 420 g/mol. The van der Waals surface area contributed by atoms with E-state index in [1.807, 2.05) is 6.07 Å². The van der Waals surface area contributed by atoms with Crippen molar-refractivity contribution in [3.8, 4) is 17.6 Å². The molecule has 0 aliphatic heterocycles. The average molecular weight is 441 g/mol. The molecule has 0 spiro atoms. The zero-order valence-corrected chi connectivity index (χ0v) is 17.5. The van der Waals surface area contributed by atoms with Crippen LogP contribution in [0.5, 0.6) is 11.5 Å². The van der Waals surface area contributed by atoms with Crippen LogP contribution in [0.1, 0.15) is 25.5 Å². The maximum absolute atomic E-state index is 14.2. The Morgan fingerprint density at radius 1 is 1.25 bits per heavy atom. The molecule has 0 radical (unpaired) electrons. The van der Waals surface area contributed by atoms with Crippen LogP contribution in [0.3, 0.4) is 0 Å². The van der Waals surface area contributed by atoms with Crippen molar-refractivity contribution in [2.24, 2.45) is 17.3 Å². The molecule has 32 heavy (non-hydrogen) atoms. The molecule has 3 atom stereocenters. The molecule has 0 N–H and O–H groups in total. The third-order valence-corrected chi connectivity index (χ3v) is 5.39. The predicted molar refractivity (Wildman–Crippen MR) is 109 cm³/mol. The van der Waals surface area contributed by atoms with Gasteiger partial charge in [0.25, 0.3) is 6.47 Å². The maximum Gasteiger partial charge on any atom is 0.311 e. The Morgan fingerprint density at radius 2 is 1.97 bits per heavy atom. The molecule has 0 heterocycles. The van der Waals surface area contributed by atoms with E-state index in [1.165, 1.54) is 18.2 Å². The van der Waals surface area contributed by atoms with Gasteiger partial charge in [0.1, 0.15) is 24.3 Å². The summed E-state index contributed by atoms with van der Waals surface area (Å²) in [7, 11) is 0. The summed E-state index contributed by atoms with van der Waals surface area (Å²) in [5.74, 6) is -2.86. The third-order valence-electron chi connectivity index (χ3n) is 5.39. The molecule has 3 rings (SSSR count). The van der Waals surface area contributed by atoms with Crippen molar-refractivity contribution < 1.29 is 32.6 Å². The van der Waals surface area contributed by atoms with E-state index in [1.54, 1.807) is 44.2 Å². The van der Waals surface area contributed by atoms with Gasteiger partial charge in [0, 0.05) is 5.56 Å². The number of carbonyl (C=O) groups excluding carboxylic acids is 2. The van der Waals surface area contributed by atoms with Crippen molar-refractivity contribution in [2.75, 3.05) is 6.61 Å². The fraction of sp³-hybridized carbons (Fsp3) is 0.292. The van der Waals surface area contributed by atoms with E-state index in [0.717, 1.165) is 6.07 Å². The number of para-hydroxylation sites is 1. The fourth-order valence-corrected chi connectivity index (χ4v) is 3.53. The second-order valence-electron chi connectivity index (χ2n) is 7.90. The molecular formula is C24H21F2NO5. The van der Waals surface area contributed by atoms with Crippen molar-refractivity contribution in [1.29, 1.82) is 5.26 Å². The van der Waals surface area contributed by atoms with E-state index in [-0.39, 0.29) is 17.8 Å². The highest BCUT2D eigenvalue weighted by Gasteiger charge is 2.62. The highest BCUT2D eigenvalue weighted by molar-refractivity contribution is 5.78. The van der Waals surface area contributed by atoms with Gasteiger partial charge in [-0.15, -0.1) is 0 Å². The average Bonchev–Trinajstić information content (AvgIpc) is 3.32. The second kappa shape index (κ2) is 9.60. The van der Waals surface area contributed by atoms with Gasteiger partial charge in [-0.3, -0.25) is 9.59 Å². The van der Waals surface area contributed by atoms with Crippen molar-refractivity contribution in [1.82, 2.24) is 0 Å². The minimum atomic E-state index is -1.30. The van der Waals surface area contributed by atoms with Gasteiger partial charge in [-0.2, -0.15) is 5.26 Å². The van der Waals surface area contributed by atoms with E-state index >= 15 is 0 Å². The lowest BCUT2D eigenvalue weighted by atomic mass is 10.1. The number of allylic oxidation sites excluding steroid dienone is 1. The number of hydrogen-bond acceptors (Lipinski definition) is 6. The summed E-state index contributed by atoms with van der Waals surface area (Å²) in [6.45, 7) is 3.14. The van der Waals surface area contributed by atoms with Crippen LogP contribution in [0.2, 0.25) is 0 Å². The number of rotatable bonds is 9. The summed E-state index contributed by atoms with van der Waals surface area (Å²) in [6.07, 6.45) is -0.0777. The van der Waals surface area contributed by atoms with Crippen LogP contribution in [0.15, 0.2) is 60.4 Å². The highest BCUT2D eigenvalue weighted by atomic mass is 19.1. The summed E-state index contributed by atoms with van der Waals surface area (Å²) in [5.41, 5.74) is -0.357. The summed E-state index contributed by atoms with van der Waals surface area (Å²) in [6, 6.07) is 14.2. The van der Waals surface area contributed by atoms with Crippen molar-refractivity contribution in [3.63, 3.8) is 0 Å². The third kappa shape index (κ3) is 5.11. The highest BCUT2D eigenvalue weighted by Crippen LogP contribution is 2.60. The van der Waals surface area contributed by atoms with Crippen LogP contribution in [-0.4, -0.2) is 19.0 Å². The van der Waals surface area contributed by atoms with Gasteiger partial charge in [0.05, 0.1) is 5.92 Å². The number of ether oxygens (including phenoxy) is 3. The zero-order valence-electron chi connectivity index (χ0n) is 17.5. The lowest BCUT2D eigenvalue weighted by Crippen LogP contribution is -2.14. The summed E-state index contributed by atoms with van der Waals surface area (Å²) < 4.78 is 43.3. The van der Waals surface area contributed by atoms with Gasteiger partial charge >= 0.3 is 5.97 Å². The van der Waals surface area contributed by atoms with E-state index in [0.29, 0.717) is 5.75 Å². The van der Waals surface area contributed by atoms with E-state index in [9.17, 15) is 23.6 Å². The molecule has 2 aromatic carbocycles. The molecule has 0 unspecified atom stereocenters. The quantitative estimate of drug-likeness (QED) is 0.401. The molecule has 0 bridgehead atoms. The molecule has 0 saturated heterocycles. The first-order valence-electron chi connectivity index (χ1n) is 9.81. The SMILES string of the molecule is CC1(C)[C@H](C(=O)O[C@H](C#N)c2ccc(F)c(Oc3ccccc3)c2)[C@@H]1C=C(F)COC=O. The lowest BCUT2D eigenvalue weighted by molar-refractivity contribution is -0.149. The van der Waals surface area contributed by atoms with E-state index in [2.05, 4.69) is 4.74 Å². The standard InChI is InChI=1S/C24H21F2NO5/c1-24(2)18(11-16(25)13-30-14-28)22(24)23(29)32-21(12-27)15-8-9-19(26)20(10-15)31-17-6-4-3-5-7-17/h3-11,14,18,21-22H,13H2,1-2H3/t18-,21+,22-/m0/s1. The Balaban J connectivity index is 1.73. The number of benzene rings is 2. The van der Waals surface area contributed by atoms with Crippen LogP contribution in [0, 0.1) is 34.4 Å². The molecule has 6 nitrogen and oxygen atoms in total.